The summed E-state index contributed by atoms with van der Waals surface area (Å²) >= 11 is 11.2. The number of benzene rings is 1. The fourth-order valence-electron chi connectivity index (χ4n) is 3.64. The van der Waals surface area contributed by atoms with Gasteiger partial charge in [0.2, 0.25) is 0 Å². The molecule has 0 radical (unpaired) electrons. The second kappa shape index (κ2) is 7.85. The molecule has 1 atom stereocenters. The average Bonchev–Trinajstić information content (AvgIpc) is 2.72. The molecule has 0 spiro atoms. The van der Waals surface area contributed by atoms with E-state index in [1.807, 2.05) is 20.8 Å². The van der Waals surface area contributed by atoms with E-state index in [-0.39, 0.29) is 18.0 Å². The van der Waals surface area contributed by atoms with Crippen LogP contribution in [0.5, 0.6) is 0 Å². The zero-order valence-electron chi connectivity index (χ0n) is 16.0. The molecule has 0 bridgehead atoms. The van der Waals surface area contributed by atoms with Gasteiger partial charge in [0, 0.05) is 24.6 Å². The molecule has 4 nitrogen and oxygen atoms in total. The number of thiocarbonyl (C=S) groups is 1. The van der Waals surface area contributed by atoms with Crippen LogP contribution in [0, 0.1) is 5.82 Å². The molecule has 1 fully saturated rings. The molecule has 1 aromatic carbocycles. The van der Waals surface area contributed by atoms with Gasteiger partial charge in [-0.2, -0.15) is 0 Å². The number of nitrogens with zero attached hydrogens (tertiary/aromatic N) is 1. The molecule has 7 heteroatoms. The molecule has 1 saturated heterocycles. The Morgan fingerprint density at radius 2 is 2.07 bits per heavy atom. The van der Waals surface area contributed by atoms with E-state index in [4.69, 9.17) is 28.6 Å². The van der Waals surface area contributed by atoms with Gasteiger partial charge in [-0.15, -0.1) is 0 Å². The van der Waals surface area contributed by atoms with Crippen molar-refractivity contribution in [1.29, 1.82) is 0 Å². The lowest BCUT2D eigenvalue weighted by atomic mass is 9.81. The molecule has 2 aromatic rings. The van der Waals surface area contributed by atoms with Gasteiger partial charge in [-0.05, 0) is 44.5 Å². The molecule has 0 unspecified atom stereocenters. The highest BCUT2D eigenvalue weighted by molar-refractivity contribution is 7.80. The van der Waals surface area contributed by atoms with Crippen molar-refractivity contribution in [1.82, 2.24) is 10.3 Å². The maximum Gasteiger partial charge on any atom is 0.185 e. The van der Waals surface area contributed by atoms with Crippen molar-refractivity contribution in [2.45, 2.75) is 44.8 Å². The predicted molar refractivity (Wildman–Crippen MR) is 111 cm³/mol. The normalized spacial score (nSPS) is 21.7. The molecule has 1 aliphatic heterocycles. The number of nitrogens with one attached hydrogen (secondary N) is 1. The molecule has 3 rings (SSSR count). The van der Waals surface area contributed by atoms with E-state index >= 15 is 0 Å². The number of carbonyl (C=O) groups excluding carboxylic acids is 1. The van der Waals surface area contributed by atoms with Crippen LogP contribution >= 0.6 is 23.8 Å². The fourth-order valence-corrected chi connectivity index (χ4v) is 4.03. The summed E-state index contributed by atoms with van der Waals surface area (Å²) in [6, 6.07) is 7.94. The van der Waals surface area contributed by atoms with E-state index in [2.05, 4.69) is 10.3 Å². The van der Waals surface area contributed by atoms with Gasteiger partial charge in [-0.25, -0.2) is 4.39 Å². The SMILES string of the molecule is CC1(C)C[C@@](C)(c2cc(CC(=O)c3ccc(Cl)cn3)ccc2F)NC(=S)CO1. The molecule has 28 heavy (non-hydrogen) atoms. The lowest BCUT2D eigenvalue weighted by Gasteiger charge is -2.35. The molecule has 148 valence electrons. The molecular formula is C21H22ClFN2O2S. The second-order valence-corrected chi connectivity index (χ2v) is 8.81. The molecule has 1 N–H and O–H groups in total. The summed E-state index contributed by atoms with van der Waals surface area (Å²) < 4.78 is 20.6. The summed E-state index contributed by atoms with van der Waals surface area (Å²) in [5.41, 5.74) is 0.259. The third-order valence-electron chi connectivity index (χ3n) is 4.79. The average molecular weight is 421 g/mol. The Bertz CT molecular complexity index is 917. The first-order valence-corrected chi connectivity index (χ1v) is 9.75. The summed E-state index contributed by atoms with van der Waals surface area (Å²) in [6.07, 6.45) is 2.07. The number of Topliss-reactive ketones (excluding diaryl/α,β-unsaturated/α-hetero) is 1. The second-order valence-electron chi connectivity index (χ2n) is 7.88. The molecule has 1 aliphatic rings. The van der Waals surface area contributed by atoms with Gasteiger partial charge in [0.05, 0.1) is 22.8 Å². The number of pyridine rings is 1. The van der Waals surface area contributed by atoms with E-state index in [9.17, 15) is 9.18 Å². The number of aromatic nitrogens is 1. The lowest BCUT2D eigenvalue weighted by molar-refractivity contribution is -0.00904. The van der Waals surface area contributed by atoms with Crippen LogP contribution < -0.4 is 5.32 Å². The van der Waals surface area contributed by atoms with Crippen LogP contribution in [0.2, 0.25) is 5.02 Å². The quantitative estimate of drug-likeness (QED) is 0.577. The number of ketones is 1. The van der Waals surface area contributed by atoms with Gasteiger partial charge in [0.1, 0.15) is 16.5 Å². The number of halogens is 2. The van der Waals surface area contributed by atoms with Crippen LogP contribution in [-0.4, -0.2) is 28.0 Å². The smallest absolute Gasteiger partial charge is 0.185 e. The van der Waals surface area contributed by atoms with E-state index in [0.29, 0.717) is 39.9 Å². The Hall–Kier alpha value is -1.89. The predicted octanol–water partition coefficient (Wildman–Crippen LogP) is 4.63. The first-order valence-electron chi connectivity index (χ1n) is 8.97. The minimum absolute atomic E-state index is 0.113. The number of hydrogen-bond donors (Lipinski definition) is 1. The molecular weight excluding hydrogens is 399 g/mol. The third kappa shape index (κ3) is 4.74. The Morgan fingerprint density at radius 1 is 1.32 bits per heavy atom. The Kier molecular flexibility index (Phi) is 5.84. The van der Waals surface area contributed by atoms with Crippen LogP contribution in [0.1, 0.15) is 48.8 Å². The highest BCUT2D eigenvalue weighted by atomic mass is 35.5. The summed E-state index contributed by atoms with van der Waals surface area (Å²) in [4.78, 5) is 17.1. The standard InChI is InChI=1S/C21H22ClFN2O2S/c1-20(2)12-21(3,25-19(28)11-27-20)15-8-13(4-6-16(15)23)9-18(26)17-7-5-14(22)10-24-17/h4-8,10H,9,11-12H2,1-3H3,(H,25,28)/t21-/m0/s1. The number of carbonyl (C=O) groups is 1. The summed E-state index contributed by atoms with van der Waals surface area (Å²) in [5.74, 6) is -0.510. The van der Waals surface area contributed by atoms with Crippen molar-refractivity contribution in [3.05, 3.63) is 64.2 Å². The van der Waals surface area contributed by atoms with E-state index < -0.39 is 11.1 Å². The van der Waals surface area contributed by atoms with Gasteiger partial charge in [0.15, 0.2) is 5.78 Å². The van der Waals surface area contributed by atoms with Gasteiger partial charge in [-0.1, -0.05) is 36.0 Å². The minimum Gasteiger partial charge on any atom is -0.368 e. The minimum atomic E-state index is -0.751. The summed E-state index contributed by atoms with van der Waals surface area (Å²) in [6.45, 7) is 6.11. The molecule has 0 aliphatic carbocycles. The highest BCUT2D eigenvalue weighted by Gasteiger charge is 2.39. The maximum absolute atomic E-state index is 14.8. The van der Waals surface area contributed by atoms with E-state index in [1.54, 1.807) is 24.3 Å². The van der Waals surface area contributed by atoms with Crippen molar-refractivity contribution >= 4 is 34.6 Å². The monoisotopic (exact) mass is 420 g/mol. The molecule has 1 aromatic heterocycles. The Balaban J connectivity index is 1.91. The summed E-state index contributed by atoms with van der Waals surface area (Å²) in [5, 5.41) is 3.71. The first-order chi connectivity index (χ1) is 13.1. The zero-order valence-corrected chi connectivity index (χ0v) is 17.6. The van der Waals surface area contributed by atoms with Crippen LogP contribution in [0.4, 0.5) is 4.39 Å². The van der Waals surface area contributed by atoms with Gasteiger partial charge < -0.3 is 10.1 Å². The van der Waals surface area contributed by atoms with Crippen LogP contribution in [-0.2, 0) is 16.7 Å². The number of rotatable bonds is 4. The van der Waals surface area contributed by atoms with Gasteiger partial charge in [-0.3, -0.25) is 9.78 Å². The Labute approximate surface area is 174 Å². The van der Waals surface area contributed by atoms with Crippen molar-refractivity contribution in [2.75, 3.05) is 6.61 Å². The van der Waals surface area contributed by atoms with Crippen molar-refractivity contribution in [3.63, 3.8) is 0 Å². The molecule has 0 amide bonds. The maximum atomic E-state index is 14.8. The zero-order chi connectivity index (χ0) is 20.5. The largest absolute Gasteiger partial charge is 0.368 e. The van der Waals surface area contributed by atoms with E-state index in [0.717, 1.165) is 0 Å². The van der Waals surface area contributed by atoms with E-state index in [1.165, 1.54) is 12.3 Å². The van der Waals surface area contributed by atoms with Crippen LogP contribution in [0.15, 0.2) is 36.5 Å². The van der Waals surface area contributed by atoms with Crippen molar-refractivity contribution < 1.29 is 13.9 Å². The number of ether oxygens (including phenoxy) is 1. The summed E-state index contributed by atoms with van der Waals surface area (Å²) in [7, 11) is 0. The first kappa shape index (κ1) is 20.8. The lowest BCUT2D eigenvalue weighted by Crippen LogP contribution is -2.45. The van der Waals surface area contributed by atoms with Crippen LogP contribution in [0.25, 0.3) is 0 Å². The topological polar surface area (TPSA) is 51.2 Å². The van der Waals surface area contributed by atoms with Gasteiger partial charge in [0.25, 0.3) is 0 Å². The Morgan fingerprint density at radius 3 is 2.75 bits per heavy atom. The van der Waals surface area contributed by atoms with Crippen molar-refractivity contribution in [3.8, 4) is 0 Å². The fraction of sp³-hybridized carbons (Fsp3) is 0.381. The van der Waals surface area contributed by atoms with Crippen molar-refractivity contribution in [2.24, 2.45) is 0 Å². The molecule has 2 heterocycles. The third-order valence-corrected chi connectivity index (χ3v) is 5.24. The van der Waals surface area contributed by atoms with Crippen LogP contribution in [0.3, 0.4) is 0 Å². The molecule has 0 saturated carbocycles. The number of hydrogen-bond acceptors (Lipinski definition) is 4. The highest BCUT2D eigenvalue weighted by Crippen LogP contribution is 2.36. The van der Waals surface area contributed by atoms with Gasteiger partial charge >= 0.3 is 0 Å².